The molecule has 0 radical (unpaired) electrons. The third kappa shape index (κ3) is 3.88. The largest absolute Gasteiger partial charge is 0.325 e. The number of carbonyl (C=O) groups excluding carboxylic acids is 2. The van der Waals surface area contributed by atoms with E-state index in [0.29, 0.717) is 0 Å². The second-order valence-electron chi connectivity index (χ2n) is 0.916. The Bertz CT molecular complexity index is 170. The van der Waals surface area contributed by atoms with E-state index in [2.05, 4.69) is 9.98 Å². The zero-order valence-electron chi connectivity index (χ0n) is 3.97. The van der Waals surface area contributed by atoms with Gasteiger partial charge in [-0.2, -0.15) is 0 Å². The van der Waals surface area contributed by atoms with Crippen molar-refractivity contribution in [1.82, 2.24) is 0 Å². The molecule has 0 aromatic heterocycles. The van der Waals surface area contributed by atoms with Crippen molar-refractivity contribution in [3.05, 3.63) is 0 Å². The summed E-state index contributed by atoms with van der Waals surface area (Å²) in [7, 11) is 0. The predicted molar refractivity (Wildman–Crippen MR) is 30.7 cm³/mol. The Balaban J connectivity index is 4.36. The first-order valence-corrected chi connectivity index (χ1v) is 2.44. The van der Waals surface area contributed by atoms with E-state index in [-0.39, 0.29) is 0 Å². The summed E-state index contributed by atoms with van der Waals surface area (Å²) in [5.41, 5.74) is 0. The number of rotatable bonds is 2. The summed E-state index contributed by atoms with van der Waals surface area (Å²) in [4.78, 5) is 24.4. The highest BCUT2D eigenvalue weighted by molar-refractivity contribution is 6.48. The molecule has 0 bridgehead atoms. The standard InChI is InChI=1S/C3Cl2N2O2/c4-3(5,6-1-8)7-2-9. The molecule has 0 saturated heterocycles. The van der Waals surface area contributed by atoms with Crippen molar-refractivity contribution in [2.45, 2.75) is 4.58 Å². The lowest BCUT2D eigenvalue weighted by atomic mass is 11.1. The molecule has 0 saturated carbocycles. The summed E-state index contributed by atoms with van der Waals surface area (Å²) in [6.45, 7) is 0. The van der Waals surface area contributed by atoms with Gasteiger partial charge >= 0.3 is 4.58 Å². The minimum atomic E-state index is -2.05. The predicted octanol–water partition coefficient (Wildman–Crippen LogP) is 0.747. The van der Waals surface area contributed by atoms with E-state index >= 15 is 0 Å². The molecule has 0 atom stereocenters. The van der Waals surface area contributed by atoms with Crippen LogP contribution in [0.15, 0.2) is 9.98 Å². The van der Waals surface area contributed by atoms with Crippen LogP contribution in [0.1, 0.15) is 0 Å². The van der Waals surface area contributed by atoms with Gasteiger partial charge in [0.1, 0.15) is 0 Å². The highest BCUT2D eigenvalue weighted by Gasteiger charge is 2.20. The van der Waals surface area contributed by atoms with E-state index in [1.54, 1.807) is 0 Å². The Kier molecular flexibility index (Phi) is 3.13. The monoisotopic (exact) mass is 166 g/mol. The number of hydrogen-bond donors (Lipinski definition) is 0. The molecule has 4 nitrogen and oxygen atoms in total. The summed E-state index contributed by atoms with van der Waals surface area (Å²) in [6.07, 6.45) is 2.06. The van der Waals surface area contributed by atoms with Crippen LogP contribution in [0.2, 0.25) is 0 Å². The molecule has 0 rings (SSSR count). The number of hydrogen-bond acceptors (Lipinski definition) is 4. The minimum absolute atomic E-state index is 1.03. The van der Waals surface area contributed by atoms with Crippen molar-refractivity contribution in [3.63, 3.8) is 0 Å². The van der Waals surface area contributed by atoms with Gasteiger partial charge in [-0.1, -0.05) is 0 Å². The maximum Gasteiger partial charge on any atom is 0.325 e. The Morgan fingerprint density at radius 1 is 1.11 bits per heavy atom. The Morgan fingerprint density at radius 2 is 1.44 bits per heavy atom. The summed E-state index contributed by atoms with van der Waals surface area (Å²) < 4.78 is -2.05. The van der Waals surface area contributed by atoms with E-state index in [9.17, 15) is 9.59 Å². The highest BCUT2D eigenvalue weighted by atomic mass is 35.5. The van der Waals surface area contributed by atoms with Gasteiger partial charge in [-0.05, 0) is 23.2 Å². The summed E-state index contributed by atoms with van der Waals surface area (Å²) in [5, 5.41) is 0. The second kappa shape index (κ2) is 3.38. The molecule has 0 N–H and O–H groups in total. The van der Waals surface area contributed by atoms with Crippen LogP contribution < -0.4 is 0 Å². The molecule has 0 amide bonds. The second-order valence-corrected chi connectivity index (χ2v) is 2.16. The minimum Gasteiger partial charge on any atom is -0.211 e. The van der Waals surface area contributed by atoms with Crippen molar-refractivity contribution in [2.75, 3.05) is 0 Å². The molecule has 0 aliphatic carbocycles. The van der Waals surface area contributed by atoms with Gasteiger partial charge in [0.25, 0.3) is 0 Å². The number of aliphatic imine (C=N–C) groups is 2. The molecule has 0 unspecified atom stereocenters. The molecule has 0 aliphatic rings. The van der Waals surface area contributed by atoms with Crippen LogP contribution >= 0.6 is 23.2 Å². The van der Waals surface area contributed by atoms with Gasteiger partial charge in [-0.3, -0.25) is 0 Å². The van der Waals surface area contributed by atoms with Gasteiger partial charge < -0.3 is 0 Å². The molecule has 0 fully saturated rings. The van der Waals surface area contributed by atoms with E-state index in [1.807, 2.05) is 0 Å². The van der Waals surface area contributed by atoms with Crippen LogP contribution in [0.3, 0.4) is 0 Å². The fourth-order valence-corrected chi connectivity index (χ4v) is 0.273. The topological polar surface area (TPSA) is 58.9 Å². The molecule has 9 heavy (non-hydrogen) atoms. The fraction of sp³-hybridized carbons (Fsp3) is 0.333. The van der Waals surface area contributed by atoms with Crippen LogP contribution in [0, 0.1) is 0 Å². The van der Waals surface area contributed by atoms with Crippen LogP contribution in [-0.2, 0) is 9.59 Å². The van der Waals surface area contributed by atoms with Gasteiger partial charge in [-0.25, -0.2) is 9.59 Å². The van der Waals surface area contributed by atoms with Crippen LogP contribution in [0.5, 0.6) is 0 Å². The van der Waals surface area contributed by atoms with Gasteiger partial charge in [0, 0.05) is 0 Å². The van der Waals surface area contributed by atoms with E-state index in [0.717, 1.165) is 12.2 Å². The summed E-state index contributed by atoms with van der Waals surface area (Å²) in [5.74, 6) is 0. The van der Waals surface area contributed by atoms with Gasteiger partial charge in [-0.15, -0.1) is 9.98 Å². The third-order valence-electron chi connectivity index (χ3n) is 0.360. The zero-order chi connectivity index (χ0) is 7.33. The first kappa shape index (κ1) is 8.34. The van der Waals surface area contributed by atoms with Gasteiger partial charge in [0.2, 0.25) is 12.2 Å². The molecule has 0 spiro atoms. The first-order valence-electron chi connectivity index (χ1n) is 1.68. The lowest BCUT2D eigenvalue weighted by Crippen LogP contribution is -2.02. The van der Waals surface area contributed by atoms with Crippen LogP contribution in [-0.4, -0.2) is 16.7 Å². The SMILES string of the molecule is O=C=NC(Cl)(Cl)N=C=O. The lowest BCUT2D eigenvalue weighted by molar-refractivity contribution is 0.556. The van der Waals surface area contributed by atoms with E-state index in [1.165, 1.54) is 0 Å². The highest BCUT2D eigenvalue weighted by Crippen LogP contribution is 2.22. The summed E-state index contributed by atoms with van der Waals surface area (Å²) >= 11 is 10.1. The molecular weight excluding hydrogens is 167 g/mol. The molecule has 6 heteroatoms. The molecule has 0 aromatic rings. The van der Waals surface area contributed by atoms with Crippen molar-refractivity contribution in [1.29, 1.82) is 0 Å². The average Bonchev–Trinajstić information content (AvgIpc) is 1.64. The molecular formula is C3Cl2N2O2. The van der Waals surface area contributed by atoms with Crippen molar-refractivity contribution in [3.8, 4) is 0 Å². The van der Waals surface area contributed by atoms with E-state index < -0.39 is 4.58 Å². The number of halogens is 2. The quantitative estimate of drug-likeness (QED) is 0.263. The maximum atomic E-state index is 9.44. The molecule has 0 aromatic carbocycles. The van der Waals surface area contributed by atoms with Gasteiger partial charge in [0.05, 0.1) is 0 Å². The van der Waals surface area contributed by atoms with Crippen molar-refractivity contribution in [2.24, 2.45) is 9.98 Å². The summed E-state index contributed by atoms with van der Waals surface area (Å²) in [6, 6.07) is 0. The average molecular weight is 167 g/mol. The molecule has 0 heterocycles. The van der Waals surface area contributed by atoms with Crippen molar-refractivity contribution >= 4 is 35.4 Å². The fourth-order valence-electron chi connectivity index (χ4n) is 0.135. The molecule has 0 aliphatic heterocycles. The zero-order valence-corrected chi connectivity index (χ0v) is 5.48. The Morgan fingerprint density at radius 3 is 1.67 bits per heavy atom. The van der Waals surface area contributed by atoms with Crippen LogP contribution in [0.4, 0.5) is 0 Å². The van der Waals surface area contributed by atoms with Crippen LogP contribution in [0.25, 0.3) is 0 Å². The molecule has 48 valence electrons. The Labute approximate surface area is 60.2 Å². The normalized spacial score (nSPS) is 9.11. The van der Waals surface area contributed by atoms with Gasteiger partial charge in [0.15, 0.2) is 0 Å². The van der Waals surface area contributed by atoms with E-state index in [4.69, 9.17) is 23.2 Å². The maximum absolute atomic E-state index is 9.44. The Hall–Kier alpha value is -0.660. The number of isocyanates is 2. The lowest BCUT2D eigenvalue weighted by Gasteiger charge is -1.98. The first-order chi connectivity index (χ1) is 4.12. The number of nitrogens with zero attached hydrogens (tertiary/aromatic N) is 2. The number of alkyl halides is 2. The smallest absolute Gasteiger partial charge is 0.211 e. The third-order valence-corrected chi connectivity index (χ3v) is 0.698. The van der Waals surface area contributed by atoms with Crippen molar-refractivity contribution < 1.29 is 9.59 Å².